The molecule has 25 heavy (non-hydrogen) atoms. The number of nitrogens with zero attached hydrogens (tertiary/aromatic N) is 2. The highest BCUT2D eigenvalue weighted by atomic mass is 16.5. The van der Waals surface area contributed by atoms with Crippen molar-refractivity contribution in [3.8, 4) is 11.5 Å². The van der Waals surface area contributed by atoms with Gasteiger partial charge in [0, 0.05) is 24.7 Å². The average molecular weight is 337 g/mol. The van der Waals surface area contributed by atoms with E-state index in [4.69, 9.17) is 9.47 Å². The second-order valence-electron chi connectivity index (χ2n) is 6.15. The van der Waals surface area contributed by atoms with Gasteiger partial charge in [0.25, 0.3) is 5.91 Å². The molecule has 1 N–H and O–H groups in total. The van der Waals surface area contributed by atoms with Gasteiger partial charge >= 0.3 is 0 Å². The van der Waals surface area contributed by atoms with Crippen LogP contribution in [0.2, 0.25) is 0 Å². The summed E-state index contributed by atoms with van der Waals surface area (Å²) >= 11 is 0. The Morgan fingerprint density at radius 1 is 1.12 bits per heavy atom. The molecule has 0 saturated carbocycles. The van der Waals surface area contributed by atoms with E-state index in [2.05, 4.69) is 9.97 Å². The van der Waals surface area contributed by atoms with Crippen LogP contribution in [0.25, 0.3) is 11.0 Å². The third kappa shape index (κ3) is 2.80. The third-order valence-electron chi connectivity index (χ3n) is 4.56. The Morgan fingerprint density at radius 3 is 2.44 bits per heavy atom. The van der Waals surface area contributed by atoms with Crippen molar-refractivity contribution in [1.82, 2.24) is 14.9 Å². The number of methoxy groups -OCH3 is 2. The fraction of sp³-hybridized carbons (Fsp3) is 0.263. The summed E-state index contributed by atoms with van der Waals surface area (Å²) in [5, 5.41) is 0. The Morgan fingerprint density at radius 2 is 1.80 bits per heavy atom. The maximum atomic E-state index is 12.7. The first-order chi connectivity index (χ1) is 12.2. The zero-order valence-corrected chi connectivity index (χ0v) is 14.2. The van der Waals surface area contributed by atoms with E-state index in [0.717, 1.165) is 16.9 Å². The number of carbonyl (C=O) groups is 1. The van der Waals surface area contributed by atoms with Gasteiger partial charge in [0.15, 0.2) is 0 Å². The lowest BCUT2D eigenvalue weighted by atomic mass is 9.98. The highest BCUT2D eigenvalue weighted by Gasteiger charge is 2.34. The molecule has 2 heterocycles. The first-order valence-corrected chi connectivity index (χ1v) is 8.15. The Kier molecular flexibility index (Phi) is 3.80. The van der Waals surface area contributed by atoms with E-state index in [1.165, 1.54) is 0 Å². The Balaban J connectivity index is 1.49. The molecule has 0 spiro atoms. The van der Waals surface area contributed by atoms with E-state index in [1.807, 2.05) is 29.2 Å². The van der Waals surface area contributed by atoms with Gasteiger partial charge in [-0.15, -0.1) is 0 Å². The van der Waals surface area contributed by atoms with Crippen LogP contribution in [0.3, 0.4) is 0 Å². The number of amides is 1. The van der Waals surface area contributed by atoms with Crippen molar-refractivity contribution in [3.05, 3.63) is 53.9 Å². The fourth-order valence-electron chi connectivity index (χ4n) is 3.10. The van der Waals surface area contributed by atoms with E-state index < -0.39 is 0 Å². The molecule has 0 atom stereocenters. The van der Waals surface area contributed by atoms with Crippen LogP contribution in [-0.4, -0.2) is 48.1 Å². The topological polar surface area (TPSA) is 67.5 Å². The molecule has 0 aliphatic carbocycles. The summed E-state index contributed by atoms with van der Waals surface area (Å²) in [7, 11) is 3.15. The molecule has 128 valence electrons. The van der Waals surface area contributed by atoms with Gasteiger partial charge in [-0.1, -0.05) is 12.1 Å². The normalized spacial score (nSPS) is 14.4. The lowest BCUT2D eigenvalue weighted by molar-refractivity contribution is 0.0595. The minimum atomic E-state index is -0.0236. The van der Waals surface area contributed by atoms with Gasteiger partial charge in [0.05, 0.1) is 31.2 Å². The molecule has 3 aromatic rings. The third-order valence-corrected chi connectivity index (χ3v) is 4.56. The summed E-state index contributed by atoms with van der Waals surface area (Å²) in [5.41, 5.74) is 2.55. The number of hydrogen-bond acceptors (Lipinski definition) is 4. The number of carbonyl (C=O) groups excluding carboxylic acids is 1. The van der Waals surface area contributed by atoms with Crippen molar-refractivity contribution in [2.75, 3.05) is 27.3 Å². The Hall–Kier alpha value is -3.02. The number of hydrogen-bond donors (Lipinski definition) is 1. The molecule has 1 fully saturated rings. The molecule has 4 rings (SSSR count). The first kappa shape index (κ1) is 15.5. The predicted octanol–water partition coefficient (Wildman–Crippen LogP) is 2.82. The van der Waals surface area contributed by atoms with Crippen molar-refractivity contribution in [2.45, 2.75) is 5.92 Å². The molecule has 1 aliphatic rings. The van der Waals surface area contributed by atoms with Crippen LogP contribution in [0.1, 0.15) is 22.1 Å². The first-order valence-electron chi connectivity index (χ1n) is 8.15. The highest BCUT2D eigenvalue weighted by molar-refractivity contribution is 5.95. The zero-order valence-electron chi connectivity index (χ0n) is 14.2. The summed E-state index contributed by atoms with van der Waals surface area (Å²) < 4.78 is 10.5. The number of benzene rings is 2. The van der Waals surface area contributed by atoms with Gasteiger partial charge in [-0.05, 0) is 24.3 Å². The molecule has 1 aliphatic heterocycles. The second-order valence-corrected chi connectivity index (χ2v) is 6.15. The smallest absolute Gasteiger partial charge is 0.254 e. The number of nitrogens with one attached hydrogen (secondary N) is 1. The second kappa shape index (κ2) is 6.12. The Labute approximate surface area is 145 Å². The number of aromatic amines is 1. The monoisotopic (exact) mass is 337 g/mol. The maximum absolute atomic E-state index is 12.7. The van der Waals surface area contributed by atoms with Crippen LogP contribution in [0.5, 0.6) is 11.5 Å². The largest absolute Gasteiger partial charge is 0.497 e. The van der Waals surface area contributed by atoms with E-state index in [-0.39, 0.29) is 11.8 Å². The van der Waals surface area contributed by atoms with Crippen molar-refractivity contribution in [1.29, 1.82) is 0 Å². The van der Waals surface area contributed by atoms with Crippen molar-refractivity contribution < 1.29 is 14.3 Å². The standard InChI is InChI=1S/C19H19N3O3/c1-24-14-7-12(8-15(9-14)25-2)19(23)22-10-13(11-22)18-20-16-5-3-4-6-17(16)21-18/h3-9,13H,10-11H2,1-2H3,(H,20,21). The number of ether oxygens (including phenoxy) is 2. The molecule has 1 amide bonds. The van der Waals surface area contributed by atoms with Gasteiger partial charge in [0.2, 0.25) is 0 Å². The SMILES string of the molecule is COc1cc(OC)cc(C(=O)N2CC(c3nc4ccccc4[nH]3)C2)c1. The van der Waals surface area contributed by atoms with E-state index in [1.54, 1.807) is 32.4 Å². The van der Waals surface area contributed by atoms with Gasteiger partial charge in [-0.25, -0.2) is 4.98 Å². The number of rotatable bonds is 4. The lowest BCUT2D eigenvalue weighted by Gasteiger charge is -2.38. The van der Waals surface area contributed by atoms with Crippen LogP contribution >= 0.6 is 0 Å². The number of likely N-dealkylation sites (tertiary alicyclic amines) is 1. The van der Waals surface area contributed by atoms with E-state index >= 15 is 0 Å². The maximum Gasteiger partial charge on any atom is 0.254 e. The summed E-state index contributed by atoms with van der Waals surface area (Å²) in [4.78, 5) is 22.5. The van der Waals surface area contributed by atoms with Gasteiger partial charge in [-0.3, -0.25) is 4.79 Å². The number of para-hydroxylation sites is 2. The molecule has 6 heteroatoms. The van der Waals surface area contributed by atoms with Crippen molar-refractivity contribution in [2.24, 2.45) is 0 Å². The molecule has 0 bridgehead atoms. The highest BCUT2D eigenvalue weighted by Crippen LogP contribution is 2.30. The van der Waals surface area contributed by atoms with E-state index in [0.29, 0.717) is 30.2 Å². The minimum Gasteiger partial charge on any atom is -0.497 e. The van der Waals surface area contributed by atoms with Gasteiger partial charge in [-0.2, -0.15) is 0 Å². The predicted molar refractivity (Wildman–Crippen MR) is 94.3 cm³/mol. The minimum absolute atomic E-state index is 0.0236. The van der Waals surface area contributed by atoms with Gasteiger partial charge in [0.1, 0.15) is 17.3 Å². The summed E-state index contributed by atoms with van der Waals surface area (Å²) in [6.07, 6.45) is 0. The lowest BCUT2D eigenvalue weighted by Crippen LogP contribution is -2.48. The van der Waals surface area contributed by atoms with Crippen LogP contribution in [-0.2, 0) is 0 Å². The molecular formula is C19H19N3O3. The van der Waals surface area contributed by atoms with E-state index in [9.17, 15) is 4.79 Å². The fourth-order valence-corrected chi connectivity index (χ4v) is 3.10. The van der Waals surface area contributed by atoms with Crippen LogP contribution in [0, 0.1) is 0 Å². The number of H-pyrrole nitrogens is 1. The quantitative estimate of drug-likeness (QED) is 0.795. The van der Waals surface area contributed by atoms with Crippen LogP contribution < -0.4 is 9.47 Å². The zero-order chi connectivity index (χ0) is 17.4. The molecule has 1 saturated heterocycles. The summed E-state index contributed by atoms with van der Waals surface area (Å²) in [5.74, 6) is 2.37. The van der Waals surface area contributed by atoms with Crippen LogP contribution in [0.15, 0.2) is 42.5 Å². The average Bonchev–Trinajstić information content (AvgIpc) is 3.03. The van der Waals surface area contributed by atoms with Crippen molar-refractivity contribution >= 4 is 16.9 Å². The summed E-state index contributed by atoms with van der Waals surface area (Å²) in [6, 6.07) is 13.2. The van der Waals surface area contributed by atoms with Crippen molar-refractivity contribution in [3.63, 3.8) is 0 Å². The molecule has 0 radical (unpaired) electrons. The molecule has 2 aromatic carbocycles. The number of fused-ring (bicyclic) bond motifs is 1. The molecule has 6 nitrogen and oxygen atoms in total. The number of aromatic nitrogens is 2. The van der Waals surface area contributed by atoms with Gasteiger partial charge < -0.3 is 19.4 Å². The molecule has 1 aromatic heterocycles. The Bertz CT molecular complexity index is 873. The summed E-state index contributed by atoms with van der Waals surface area (Å²) in [6.45, 7) is 1.30. The number of imidazole rings is 1. The molecule has 0 unspecified atom stereocenters. The van der Waals surface area contributed by atoms with Crippen LogP contribution in [0.4, 0.5) is 0 Å². The molecular weight excluding hydrogens is 318 g/mol.